The smallest absolute Gasteiger partial charge is 0.310 e. The fraction of sp³-hybridized carbons (Fsp3) is 0.444. The minimum Gasteiger partial charge on any atom is -0.427 e. The highest BCUT2D eigenvalue weighted by molar-refractivity contribution is 6.51. The fourth-order valence-corrected chi connectivity index (χ4v) is 2.73. The molecule has 0 heterocycles. The molecular formula is C18H23BO2. The third-order valence-corrected chi connectivity index (χ3v) is 5.04. The van der Waals surface area contributed by atoms with Crippen molar-refractivity contribution in [2.24, 2.45) is 0 Å². The summed E-state index contributed by atoms with van der Waals surface area (Å²) in [4.78, 5) is 0. The molecule has 0 bridgehead atoms. The third-order valence-electron chi connectivity index (χ3n) is 5.04. The van der Waals surface area contributed by atoms with E-state index in [9.17, 15) is 5.11 Å². The van der Waals surface area contributed by atoms with Gasteiger partial charge < -0.3 is 9.76 Å². The van der Waals surface area contributed by atoms with Gasteiger partial charge in [0.1, 0.15) is 0 Å². The van der Waals surface area contributed by atoms with Crippen molar-refractivity contribution in [3.05, 3.63) is 41.5 Å². The van der Waals surface area contributed by atoms with Crippen molar-refractivity contribution in [3.63, 3.8) is 0 Å². The van der Waals surface area contributed by atoms with Gasteiger partial charge in [-0.2, -0.15) is 0 Å². The zero-order valence-corrected chi connectivity index (χ0v) is 13.4. The predicted octanol–water partition coefficient (Wildman–Crippen LogP) is 2.48. The van der Waals surface area contributed by atoms with E-state index in [4.69, 9.17) is 4.65 Å². The highest BCUT2D eigenvalue weighted by Gasteiger charge is 2.36. The van der Waals surface area contributed by atoms with Crippen LogP contribution in [0.5, 0.6) is 0 Å². The summed E-state index contributed by atoms with van der Waals surface area (Å²) in [5.41, 5.74) is 2.71. The van der Waals surface area contributed by atoms with Crippen LogP contribution in [0.2, 0.25) is 0 Å². The quantitative estimate of drug-likeness (QED) is 0.873. The van der Waals surface area contributed by atoms with Crippen LogP contribution < -0.4 is 5.46 Å². The molecule has 3 heteroatoms. The summed E-state index contributed by atoms with van der Waals surface area (Å²) in [5.74, 6) is 0. The van der Waals surface area contributed by atoms with Crippen LogP contribution in [0.4, 0.5) is 0 Å². The molecule has 0 fully saturated rings. The van der Waals surface area contributed by atoms with E-state index in [1.54, 1.807) is 13.8 Å². The monoisotopic (exact) mass is 282 g/mol. The topological polar surface area (TPSA) is 29.5 Å². The van der Waals surface area contributed by atoms with E-state index in [1.165, 1.54) is 40.2 Å². The minimum atomic E-state index is -0.872. The first kappa shape index (κ1) is 14.6. The first-order valence-corrected chi connectivity index (χ1v) is 7.68. The van der Waals surface area contributed by atoms with Gasteiger partial charge >= 0.3 is 7.48 Å². The number of fused-ring (bicyclic) bond motifs is 3. The lowest BCUT2D eigenvalue weighted by Gasteiger charge is -2.38. The van der Waals surface area contributed by atoms with Crippen LogP contribution in [0, 0.1) is 0 Å². The Labute approximate surface area is 127 Å². The summed E-state index contributed by atoms with van der Waals surface area (Å²) >= 11 is 0. The van der Waals surface area contributed by atoms with Crippen LogP contribution in [0.25, 0.3) is 10.8 Å². The number of aliphatic hydroxyl groups is 1. The lowest BCUT2D eigenvalue weighted by Crippen LogP contribution is -2.49. The van der Waals surface area contributed by atoms with E-state index in [0.29, 0.717) is 7.48 Å². The fourth-order valence-electron chi connectivity index (χ4n) is 2.73. The molecule has 0 saturated heterocycles. The largest absolute Gasteiger partial charge is 0.427 e. The first-order chi connectivity index (χ1) is 9.79. The second-order valence-corrected chi connectivity index (χ2v) is 7.08. The molecule has 0 saturated carbocycles. The summed E-state index contributed by atoms with van der Waals surface area (Å²) in [6.07, 6.45) is 2.36. The van der Waals surface area contributed by atoms with Crippen molar-refractivity contribution >= 4 is 23.7 Å². The molecule has 0 radical (unpaired) electrons. The summed E-state index contributed by atoms with van der Waals surface area (Å²) in [7, 11) is 0.533. The van der Waals surface area contributed by atoms with Crippen molar-refractivity contribution in [2.75, 3.05) is 0 Å². The van der Waals surface area contributed by atoms with Gasteiger partial charge in [-0.1, -0.05) is 30.3 Å². The maximum atomic E-state index is 10.2. The zero-order valence-electron chi connectivity index (χ0n) is 13.4. The molecule has 0 atom stereocenters. The van der Waals surface area contributed by atoms with Gasteiger partial charge in [0.2, 0.25) is 0 Å². The van der Waals surface area contributed by atoms with Crippen LogP contribution in [0.1, 0.15) is 38.8 Å². The number of benzene rings is 2. The molecule has 1 aliphatic carbocycles. The Morgan fingerprint density at radius 2 is 1.71 bits per heavy atom. The number of hydrogen-bond donors (Lipinski definition) is 1. The van der Waals surface area contributed by atoms with Crippen LogP contribution in [-0.2, 0) is 17.5 Å². The molecule has 1 N–H and O–H groups in total. The van der Waals surface area contributed by atoms with Crippen molar-refractivity contribution in [1.29, 1.82) is 0 Å². The lowest BCUT2D eigenvalue weighted by molar-refractivity contribution is -0.0893. The van der Waals surface area contributed by atoms with Gasteiger partial charge in [-0.15, -0.1) is 0 Å². The molecule has 0 aliphatic heterocycles. The molecule has 110 valence electrons. The summed E-state index contributed by atoms with van der Waals surface area (Å²) in [5, 5.41) is 12.9. The van der Waals surface area contributed by atoms with Crippen molar-refractivity contribution in [2.45, 2.75) is 51.7 Å². The third kappa shape index (κ3) is 2.49. The highest BCUT2D eigenvalue weighted by Crippen LogP contribution is 2.30. The number of rotatable bonds is 4. The molecule has 2 aromatic carbocycles. The van der Waals surface area contributed by atoms with E-state index in [-0.39, 0.29) is 0 Å². The lowest BCUT2D eigenvalue weighted by atomic mass is 9.74. The Morgan fingerprint density at radius 3 is 2.29 bits per heavy atom. The predicted molar refractivity (Wildman–Crippen MR) is 89.6 cm³/mol. The van der Waals surface area contributed by atoms with Gasteiger partial charge in [-0.3, -0.25) is 0 Å². The Kier molecular flexibility index (Phi) is 3.38. The van der Waals surface area contributed by atoms with Gasteiger partial charge in [0.25, 0.3) is 0 Å². The van der Waals surface area contributed by atoms with Crippen LogP contribution in [0.3, 0.4) is 0 Å². The molecule has 0 unspecified atom stereocenters. The molecule has 21 heavy (non-hydrogen) atoms. The van der Waals surface area contributed by atoms with Crippen LogP contribution >= 0.6 is 0 Å². The number of aryl methyl sites for hydroxylation is 2. The average molecular weight is 282 g/mol. The maximum absolute atomic E-state index is 10.2. The molecule has 3 rings (SSSR count). The minimum absolute atomic E-state index is 0.533. The zero-order chi connectivity index (χ0) is 15.3. The Morgan fingerprint density at radius 1 is 1.05 bits per heavy atom. The van der Waals surface area contributed by atoms with Gasteiger partial charge in [0, 0.05) is 0 Å². The molecule has 0 amide bonds. The van der Waals surface area contributed by atoms with E-state index < -0.39 is 11.2 Å². The van der Waals surface area contributed by atoms with Crippen molar-refractivity contribution in [1.82, 2.24) is 0 Å². The van der Waals surface area contributed by atoms with Gasteiger partial charge in [0.15, 0.2) is 0 Å². The Bertz CT molecular complexity index is 683. The summed E-state index contributed by atoms with van der Waals surface area (Å²) in [6.45, 7) is 7.47. The molecular weight excluding hydrogens is 259 g/mol. The van der Waals surface area contributed by atoms with E-state index in [1.807, 2.05) is 13.8 Å². The van der Waals surface area contributed by atoms with Gasteiger partial charge in [-0.25, -0.2) is 0 Å². The molecule has 0 aromatic heterocycles. The summed E-state index contributed by atoms with van der Waals surface area (Å²) in [6, 6.07) is 10.8. The first-order valence-electron chi connectivity index (χ1n) is 7.68. The highest BCUT2D eigenvalue weighted by atomic mass is 16.5. The van der Waals surface area contributed by atoms with Crippen molar-refractivity contribution < 1.29 is 9.76 Å². The number of hydrogen-bond acceptors (Lipinski definition) is 2. The Balaban J connectivity index is 1.94. The molecule has 2 nitrogen and oxygen atoms in total. The average Bonchev–Trinajstić information content (AvgIpc) is 2.36. The molecule has 0 spiro atoms. The van der Waals surface area contributed by atoms with Crippen LogP contribution in [-0.4, -0.2) is 23.8 Å². The second kappa shape index (κ2) is 4.86. The van der Waals surface area contributed by atoms with E-state index in [0.717, 1.165) is 0 Å². The second-order valence-electron chi connectivity index (χ2n) is 7.08. The molecule has 1 aliphatic rings. The SMILES string of the molecule is CC(C)(O)C(C)(C)OBc1cc2c(c3ccccc13)CC2. The van der Waals surface area contributed by atoms with E-state index >= 15 is 0 Å². The normalized spacial score (nSPS) is 14.7. The van der Waals surface area contributed by atoms with Gasteiger partial charge in [-0.05, 0) is 67.9 Å². The van der Waals surface area contributed by atoms with Crippen molar-refractivity contribution in [3.8, 4) is 0 Å². The van der Waals surface area contributed by atoms with E-state index in [2.05, 4.69) is 30.3 Å². The van der Waals surface area contributed by atoms with Crippen LogP contribution in [0.15, 0.2) is 30.3 Å². The van der Waals surface area contributed by atoms with Gasteiger partial charge in [0.05, 0.1) is 11.2 Å². The Hall–Kier alpha value is -1.32. The molecule has 2 aromatic rings. The maximum Gasteiger partial charge on any atom is 0.310 e. The summed E-state index contributed by atoms with van der Waals surface area (Å²) < 4.78 is 6.06. The standard InChI is InChI=1S/C18H23BO2/c1-17(2,20)18(3,4)21-19-16-11-12-9-10-13(12)14-7-5-6-8-15(14)16/h5-8,11,19-20H,9-10H2,1-4H3.